The first kappa shape index (κ1) is 75.3. The number of likely N-dealkylation sites (N-methyl/N-ethyl adjacent to an activating group) is 1. The van der Waals surface area contributed by atoms with Crippen LogP contribution in [-0.2, 0) is 74.8 Å². The smallest absolute Gasteiger partial charge is 0.328 e. The number of urea groups is 1. The van der Waals surface area contributed by atoms with Gasteiger partial charge in [0, 0.05) is 100 Å². The Bertz CT molecular complexity index is 3050. The molecule has 22 nitrogen and oxygen atoms in total. The van der Waals surface area contributed by atoms with Gasteiger partial charge in [-0.2, -0.15) is 0 Å². The van der Waals surface area contributed by atoms with Crippen molar-refractivity contribution in [3.05, 3.63) is 81.4 Å². The minimum Gasteiger partial charge on any atom is -0.465 e. The van der Waals surface area contributed by atoms with Crippen molar-refractivity contribution < 1.29 is 76.7 Å². The number of carbonyl (C=O) groups is 9. The van der Waals surface area contributed by atoms with E-state index in [-0.39, 0.29) is 99.5 Å². The van der Waals surface area contributed by atoms with Gasteiger partial charge in [0.2, 0.25) is 11.8 Å². The average Bonchev–Trinajstić information content (AvgIpc) is 1.57. The van der Waals surface area contributed by atoms with Gasteiger partial charge in [0.15, 0.2) is 5.78 Å². The van der Waals surface area contributed by atoms with Crippen molar-refractivity contribution in [3.8, 4) is 0 Å². The van der Waals surface area contributed by atoms with E-state index in [1.54, 1.807) is 51.2 Å². The van der Waals surface area contributed by atoms with Crippen molar-refractivity contribution in [1.29, 1.82) is 0 Å². The lowest BCUT2D eigenvalue weighted by molar-refractivity contribution is -0.187. The van der Waals surface area contributed by atoms with E-state index in [4.69, 9.17) is 45.8 Å². The third kappa shape index (κ3) is 20.1. The zero-order chi connectivity index (χ0) is 67.8. The highest BCUT2D eigenvalue weighted by Crippen LogP contribution is 2.50. The Labute approximate surface area is 562 Å². The third-order valence-electron chi connectivity index (χ3n) is 18.1. The summed E-state index contributed by atoms with van der Waals surface area (Å²) in [4.78, 5) is 128. The number of nitrogens with zero attached hydrogens (tertiary/aromatic N) is 3. The van der Waals surface area contributed by atoms with Gasteiger partial charge in [-0.25, -0.2) is 9.59 Å². The molecule has 6 rings (SSSR count). The highest BCUT2D eigenvalue weighted by atomic mass is 79.9. The number of carbonyl (C=O) groups excluding carboxylic acids is 9. The standard InChI is InChI=1S/C67H93Br2ClN6O16/c1-39(2)49(33-48(77)17-12-11-13-25-89-64(84)47(37-68)38-69)61(81)73-50(18-15-22-72-65(71)85)53(78)32-45-20-21-46(31-51(45)76-23-26-88-27-24-76)62(82)74(8)43(6)63(83)91-56-34-57(79)75(9)52-30-44(29-41(4)59(52)70)28-40(3)16-14-19-55(87-10)67(86)35-54(90-58(80)36-67)42(5)60-66(56,7)92-60/h14,16,19-21,29-31,39,42-43,47,49-50,54-56,60,86H,11-13,15,17-18,22-28,32-38H2,1-10H3,(H,73,81)(H3,71,72,85)/b19-14+,40-16+/t42-,43+,49+,50+,54+,55-,56+,60+,66+,67-/m1/s1. The fourth-order valence-electron chi connectivity index (χ4n) is 12.1. The minimum absolute atomic E-state index is 0.00563. The number of benzene rings is 2. The molecule has 0 aliphatic carbocycles. The molecule has 0 saturated carbocycles. The minimum atomic E-state index is -1.65. The summed E-state index contributed by atoms with van der Waals surface area (Å²) in [5.74, 6) is -5.65. The number of nitrogens with two attached hydrogens (primary N) is 1. The van der Waals surface area contributed by atoms with Crippen LogP contribution in [0.4, 0.5) is 16.2 Å². The van der Waals surface area contributed by atoms with Gasteiger partial charge in [-0.05, 0) is 107 Å². The molecule has 92 heavy (non-hydrogen) atoms. The van der Waals surface area contributed by atoms with E-state index in [2.05, 4.69) is 42.5 Å². The Kier molecular flexibility index (Phi) is 28.3. The van der Waals surface area contributed by atoms with Crippen LogP contribution in [0.15, 0.2) is 54.1 Å². The molecule has 4 heterocycles. The van der Waals surface area contributed by atoms with Crippen molar-refractivity contribution in [2.75, 3.05) is 81.1 Å². The molecule has 5 amide bonds. The Balaban J connectivity index is 1.21. The number of ether oxygens (including phenoxy) is 6. The molecule has 0 unspecified atom stereocenters. The van der Waals surface area contributed by atoms with Gasteiger partial charge in [-0.15, -0.1) is 0 Å². The van der Waals surface area contributed by atoms with E-state index in [1.165, 1.54) is 30.9 Å². The van der Waals surface area contributed by atoms with Gasteiger partial charge in [0.1, 0.15) is 41.3 Å². The van der Waals surface area contributed by atoms with E-state index in [1.807, 2.05) is 50.8 Å². The molecule has 3 fully saturated rings. The van der Waals surface area contributed by atoms with Crippen LogP contribution in [0.2, 0.25) is 5.02 Å². The first-order valence-corrected chi connectivity index (χ1v) is 34.3. The van der Waals surface area contributed by atoms with Gasteiger partial charge in [0.05, 0.1) is 61.4 Å². The lowest BCUT2D eigenvalue weighted by atomic mass is 9.78. The summed E-state index contributed by atoms with van der Waals surface area (Å²) < 4.78 is 35.5. The topological polar surface area (TPSA) is 292 Å². The van der Waals surface area contributed by atoms with E-state index >= 15 is 0 Å². The maximum Gasteiger partial charge on any atom is 0.328 e. The van der Waals surface area contributed by atoms with Gasteiger partial charge in [-0.3, -0.25) is 33.6 Å². The highest BCUT2D eigenvalue weighted by Gasteiger charge is 2.64. The second-order valence-electron chi connectivity index (χ2n) is 25.4. The van der Waals surface area contributed by atoms with E-state index < -0.39 is 95.2 Å². The van der Waals surface area contributed by atoms with Crippen molar-refractivity contribution in [2.45, 2.75) is 173 Å². The summed E-state index contributed by atoms with van der Waals surface area (Å²) in [6.07, 6.45) is 3.58. The number of alkyl halides is 2. The number of amides is 5. The number of methoxy groups -OCH3 is 1. The summed E-state index contributed by atoms with van der Waals surface area (Å²) in [6.45, 7) is 14.4. The number of epoxide rings is 1. The second-order valence-corrected chi connectivity index (χ2v) is 27.1. The zero-order valence-electron chi connectivity index (χ0n) is 54.7. The summed E-state index contributed by atoms with van der Waals surface area (Å²) in [5.41, 5.74) is 6.63. The van der Waals surface area contributed by atoms with Crippen molar-refractivity contribution >= 4 is 108 Å². The lowest BCUT2D eigenvalue weighted by Gasteiger charge is -2.41. The predicted molar refractivity (Wildman–Crippen MR) is 355 cm³/mol. The van der Waals surface area contributed by atoms with Crippen LogP contribution >= 0.6 is 43.5 Å². The van der Waals surface area contributed by atoms with Gasteiger partial charge in [-0.1, -0.05) is 100 Å². The molecule has 0 spiro atoms. The maximum absolute atomic E-state index is 14.7. The summed E-state index contributed by atoms with van der Waals surface area (Å²) in [5, 5.41) is 18.9. The molecule has 2 aromatic rings. The molecule has 5 N–H and O–H groups in total. The lowest BCUT2D eigenvalue weighted by Crippen LogP contribution is -2.53. The predicted octanol–water partition coefficient (Wildman–Crippen LogP) is 8.00. The fraction of sp³-hybridized carbons (Fsp3) is 0.627. The molecular formula is C67H93Br2ClN6O16. The molecule has 0 radical (unpaired) electrons. The number of ketones is 2. The van der Waals surface area contributed by atoms with Crippen LogP contribution in [0, 0.1) is 30.6 Å². The van der Waals surface area contributed by atoms with Crippen LogP contribution in [0.1, 0.15) is 133 Å². The Hall–Kier alpha value is -5.76. The number of fused-ring (bicyclic) bond motifs is 5. The van der Waals surface area contributed by atoms with Gasteiger partial charge < -0.3 is 64.6 Å². The summed E-state index contributed by atoms with van der Waals surface area (Å²) >= 11 is 13.5. The third-order valence-corrected chi connectivity index (χ3v) is 20.1. The van der Waals surface area contributed by atoms with Crippen LogP contribution in [0.25, 0.3) is 0 Å². The number of primary amides is 1. The zero-order valence-corrected chi connectivity index (χ0v) is 58.6. The monoisotopic (exact) mass is 1430 g/mol. The number of hydrogen-bond donors (Lipinski definition) is 4. The normalized spacial score (nSPS) is 24.7. The van der Waals surface area contributed by atoms with Crippen LogP contribution in [0.5, 0.6) is 0 Å². The fourth-order valence-corrected chi connectivity index (χ4v) is 13.9. The van der Waals surface area contributed by atoms with Crippen LogP contribution < -0.4 is 26.2 Å². The molecule has 3 saturated heterocycles. The van der Waals surface area contributed by atoms with Gasteiger partial charge >= 0.3 is 23.9 Å². The quantitative estimate of drug-likeness (QED) is 0.0216. The summed E-state index contributed by atoms with van der Waals surface area (Å²) in [7, 11) is 4.50. The van der Waals surface area contributed by atoms with Crippen LogP contribution in [0.3, 0.4) is 0 Å². The first-order valence-electron chi connectivity index (χ1n) is 31.7. The molecule has 10 atom stereocenters. The molecule has 2 aromatic carbocycles. The van der Waals surface area contributed by atoms with E-state index in [0.29, 0.717) is 84.6 Å². The number of Topliss-reactive ketones (excluding diaryl/α,β-unsaturated/α-hetero) is 2. The van der Waals surface area contributed by atoms with Gasteiger partial charge in [0.25, 0.3) is 5.91 Å². The number of morpholine rings is 1. The number of hydrogen-bond acceptors (Lipinski definition) is 17. The second kappa shape index (κ2) is 34.6. The number of allylic oxidation sites excluding steroid dienone is 3. The summed E-state index contributed by atoms with van der Waals surface area (Å²) in [6, 6.07) is 5.63. The molecular weight excluding hydrogens is 1340 g/mol. The average molecular weight is 1430 g/mol. The molecule has 4 aliphatic rings. The number of aliphatic hydroxyl groups is 1. The SMILES string of the molecule is CO[C@@H]1/C=C/C=C(\C)Cc2cc(C)c(Cl)c(c2)N(C)C(=O)C[C@H](OC(=O)[C@H](C)N(C)C(=O)c2ccc(CC(=O)[C@H](CCCNC(N)=O)NC(=O)[C@@H](CC(=O)CCCCCOC(=O)C(CBr)CBr)C(C)C)c(N3CCOCC3)c2)[C@]2(C)O[C@H]2[C@H](C)[C@@H]2C[C@@]1(O)CC(=O)O2. The van der Waals surface area contributed by atoms with E-state index in [0.717, 1.165) is 16.7 Å². The Morgan fingerprint density at radius 3 is 2.34 bits per heavy atom. The Morgan fingerprint density at radius 1 is 0.967 bits per heavy atom. The number of aryl methyl sites for hydroxylation is 1. The molecule has 508 valence electrons. The molecule has 25 heteroatoms. The number of unbranched alkanes of at least 4 members (excludes halogenated alkanes) is 2. The number of halogens is 3. The molecule has 0 aromatic heterocycles. The molecule has 4 aliphatic heterocycles. The number of anilines is 2. The number of esters is 3. The van der Waals surface area contributed by atoms with Crippen molar-refractivity contribution in [3.63, 3.8) is 0 Å². The highest BCUT2D eigenvalue weighted by molar-refractivity contribution is 9.09. The van der Waals surface area contributed by atoms with Crippen molar-refractivity contribution in [1.82, 2.24) is 15.5 Å². The largest absolute Gasteiger partial charge is 0.465 e. The maximum atomic E-state index is 14.7. The number of rotatable bonds is 27. The number of nitrogens with one attached hydrogen (secondary N) is 2. The van der Waals surface area contributed by atoms with E-state index in [9.17, 15) is 48.3 Å². The first-order chi connectivity index (χ1) is 43.5. The van der Waals surface area contributed by atoms with Crippen molar-refractivity contribution in [2.24, 2.45) is 29.4 Å². The van der Waals surface area contributed by atoms with Crippen LogP contribution in [-0.4, -0.2) is 182 Å². The Morgan fingerprint density at radius 2 is 1.67 bits per heavy atom. The molecule has 4 bridgehead atoms.